The Morgan fingerprint density at radius 2 is 2.25 bits per heavy atom. The van der Waals surface area contributed by atoms with Gasteiger partial charge in [0.1, 0.15) is 12.4 Å². The minimum absolute atomic E-state index is 0.00167. The summed E-state index contributed by atoms with van der Waals surface area (Å²) in [6, 6.07) is 7.93. The number of ether oxygens (including phenoxy) is 3. The van der Waals surface area contributed by atoms with Crippen molar-refractivity contribution >= 4 is 5.97 Å². The minimum Gasteiger partial charge on any atom is -0.468 e. The number of allylic oxidation sites excluding steroid dienone is 1. The van der Waals surface area contributed by atoms with Crippen molar-refractivity contribution in [1.29, 1.82) is 0 Å². The molecule has 1 fully saturated rings. The van der Waals surface area contributed by atoms with Crippen LogP contribution in [0.5, 0.6) is 5.75 Å². The second-order valence-electron chi connectivity index (χ2n) is 7.02. The zero-order valence-electron chi connectivity index (χ0n) is 14.1. The molecular formula is C19H23NO4. The third-order valence-electron chi connectivity index (χ3n) is 5.07. The second kappa shape index (κ2) is 5.81. The number of nitrogens with one attached hydrogen (secondary N) is 1. The maximum Gasteiger partial charge on any atom is 0.336 e. The molecule has 0 saturated carbocycles. The second-order valence-corrected chi connectivity index (χ2v) is 7.02. The van der Waals surface area contributed by atoms with Crippen LogP contribution in [0.15, 0.2) is 35.5 Å². The molecule has 5 heteroatoms. The summed E-state index contributed by atoms with van der Waals surface area (Å²) < 4.78 is 17.2. The van der Waals surface area contributed by atoms with Crippen molar-refractivity contribution in [3.05, 3.63) is 41.1 Å². The van der Waals surface area contributed by atoms with Crippen LogP contribution in [0.4, 0.5) is 0 Å². The molecule has 128 valence electrons. The first kappa shape index (κ1) is 15.5. The average Bonchev–Trinajstić information content (AvgIpc) is 3.05. The zero-order chi connectivity index (χ0) is 16.7. The third-order valence-corrected chi connectivity index (χ3v) is 5.07. The molecule has 3 atom stereocenters. The van der Waals surface area contributed by atoms with E-state index in [1.54, 1.807) is 0 Å². The summed E-state index contributed by atoms with van der Waals surface area (Å²) >= 11 is 0. The van der Waals surface area contributed by atoms with Crippen molar-refractivity contribution in [3.63, 3.8) is 0 Å². The smallest absolute Gasteiger partial charge is 0.336 e. The van der Waals surface area contributed by atoms with Crippen LogP contribution in [-0.4, -0.2) is 31.0 Å². The predicted octanol–water partition coefficient (Wildman–Crippen LogP) is 2.87. The molecule has 1 aromatic carbocycles. The van der Waals surface area contributed by atoms with Crippen LogP contribution in [0.2, 0.25) is 0 Å². The summed E-state index contributed by atoms with van der Waals surface area (Å²) in [4.78, 5) is 12.8. The Morgan fingerprint density at radius 3 is 3.04 bits per heavy atom. The first-order valence-electron chi connectivity index (χ1n) is 8.61. The molecule has 3 aliphatic rings. The molecule has 0 spiro atoms. The van der Waals surface area contributed by atoms with Gasteiger partial charge in [0.2, 0.25) is 0 Å². The minimum atomic E-state index is -0.485. The Bertz CT molecular complexity index is 692. The van der Waals surface area contributed by atoms with Gasteiger partial charge in [0.25, 0.3) is 0 Å². The van der Waals surface area contributed by atoms with Gasteiger partial charge < -0.3 is 19.5 Å². The van der Waals surface area contributed by atoms with Crippen molar-refractivity contribution in [2.24, 2.45) is 0 Å². The monoisotopic (exact) mass is 329 g/mol. The molecule has 0 aliphatic carbocycles. The molecule has 1 saturated heterocycles. The number of carbonyl (C=O) groups excluding carboxylic acids is 1. The van der Waals surface area contributed by atoms with Crippen LogP contribution in [-0.2, 0) is 14.3 Å². The number of carbonyl (C=O) groups is 1. The van der Waals surface area contributed by atoms with Crippen LogP contribution in [0, 0.1) is 0 Å². The molecule has 4 rings (SSSR count). The average molecular weight is 329 g/mol. The van der Waals surface area contributed by atoms with E-state index in [9.17, 15) is 4.79 Å². The van der Waals surface area contributed by atoms with E-state index < -0.39 is 5.72 Å². The SMILES string of the molecule is CC1=C(C(=O)OCC2CCCO2)[C@H]2C[C@@](C)(N1)Oc1ccccc12. The molecule has 0 aromatic heterocycles. The lowest BCUT2D eigenvalue weighted by atomic mass is 9.78. The van der Waals surface area contributed by atoms with Gasteiger partial charge in [-0.05, 0) is 32.8 Å². The van der Waals surface area contributed by atoms with Gasteiger partial charge in [-0.15, -0.1) is 0 Å². The van der Waals surface area contributed by atoms with E-state index in [1.165, 1.54) is 0 Å². The van der Waals surface area contributed by atoms with E-state index in [0.717, 1.165) is 36.5 Å². The van der Waals surface area contributed by atoms with Gasteiger partial charge >= 0.3 is 5.97 Å². The van der Waals surface area contributed by atoms with Crippen molar-refractivity contribution < 1.29 is 19.0 Å². The highest BCUT2D eigenvalue weighted by Gasteiger charge is 2.45. The van der Waals surface area contributed by atoms with E-state index in [-0.39, 0.29) is 18.0 Å². The topological polar surface area (TPSA) is 56.8 Å². The number of fused-ring (bicyclic) bond motifs is 4. The van der Waals surface area contributed by atoms with Gasteiger partial charge in [-0.1, -0.05) is 18.2 Å². The molecule has 5 nitrogen and oxygen atoms in total. The van der Waals surface area contributed by atoms with Crippen molar-refractivity contribution in [2.75, 3.05) is 13.2 Å². The van der Waals surface area contributed by atoms with Crippen molar-refractivity contribution in [1.82, 2.24) is 5.32 Å². The quantitative estimate of drug-likeness (QED) is 0.864. The lowest BCUT2D eigenvalue weighted by Gasteiger charge is -2.45. The van der Waals surface area contributed by atoms with Crippen LogP contribution >= 0.6 is 0 Å². The number of esters is 1. The summed E-state index contributed by atoms with van der Waals surface area (Å²) in [5, 5.41) is 3.35. The standard InChI is InChI=1S/C19H23NO4/c1-12-17(18(21)23-11-13-6-5-9-22-13)15-10-19(2,20-12)24-16-8-4-3-7-14(15)16/h3-4,7-8,13,15,20H,5-6,9-11H2,1-2H3/t13?,15-,19-/m0/s1. The molecule has 3 aliphatic heterocycles. The Labute approximate surface area is 142 Å². The fourth-order valence-corrected chi connectivity index (χ4v) is 4.02. The van der Waals surface area contributed by atoms with Gasteiger partial charge in [-0.2, -0.15) is 0 Å². The summed E-state index contributed by atoms with van der Waals surface area (Å²) in [6.07, 6.45) is 2.75. The highest BCUT2D eigenvalue weighted by molar-refractivity contribution is 5.91. The summed E-state index contributed by atoms with van der Waals surface area (Å²) in [5.74, 6) is 0.582. The number of hydrogen-bond acceptors (Lipinski definition) is 5. The number of para-hydroxylation sites is 1. The number of rotatable bonds is 3. The Morgan fingerprint density at radius 1 is 1.42 bits per heavy atom. The van der Waals surface area contributed by atoms with Crippen LogP contribution in [0.1, 0.15) is 44.6 Å². The molecular weight excluding hydrogens is 306 g/mol. The lowest BCUT2D eigenvalue weighted by Crippen LogP contribution is -2.54. The summed E-state index contributed by atoms with van der Waals surface area (Å²) in [5.41, 5.74) is 2.11. The molecule has 1 N–H and O–H groups in total. The maximum absolute atomic E-state index is 12.8. The van der Waals surface area contributed by atoms with Crippen molar-refractivity contribution in [3.8, 4) is 5.75 Å². The fourth-order valence-electron chi connectivity index (χ4n) is 4.02. The van der Waals surface area contributed by atoms with Crippen molar-refractivity contribution in [2.45, 2.75) is 50.9 Å². The van der Waals surface area contributed by atoms with Crippen LogP contribution < -0.4 is 10.1 Å². The normalized spacial score (nSPS) is 31.1. The van der Waals surface area contributed by atoms with Gasteiger partial charge in [0.05, 0.1) is 11.7 Å². The summed E-state index contributed by atoms with van der Waals surface area (Å²) in [7, 11) is 0. The molecule has 2 bridgehead atoms. The molecule has 0 amide bonds. The number of hydrogen-bond donors (Lipinski definition) is 1. The number of benzene rings is 1. The molecule has 1 unspecified atom stereocenters. The van der Waals surface area contributed by atoms with E-state index in [4.69, 9.17) is 14.2 Å². The Balaban J connectivity index is 1.60. The first-order valence-corrected chi connectivity index (χ1v) is 8.61. The van der Waals surface area contributed by atoms with E-state index in [2.05, 4.69) is 5.32 Å². The molecule has 3 heterocycles. The zero-order valence-corrected chi connectivity index (χ0v) is 14.1. The van der Waals surface area contributed by atoms with Gasteiger partial charge in [-0.3, -0.25) is 0 Å². The Kier molecular flexibility index (Phi) is 3.76. The van der Waals surface area contributed by atoms with Gasteiger partial charge in [0, 0.05) is 30.2 Å². The van der Waals surface area contributed by atoms with Crippen LogP contribution in [0.25, 0.3) is 0 Å². The largest absolute Gasteiger partial charge is 0.468 e. The highest BCUT2D eigenvalue weighted by atomic mass is 16.6. The summed E-state index contributed by atoms with van der Waals surface area (Å²) in [6.45, 7) is 5.03. The van der Waals surface area contributed by atoms with Gasteiger partial charge in [-0.25, -0.2) is 4.79 Å². The van der Waals surface area contributed by atoms with E-state index in [1.807, 2.05) is 38.1 Å². The van der Waals surface area contributed by atoms with Crippen LogP contribution in [0.3, 0.4) is 0 Å². The predicted molar refractivity (Wildman–Crippen MR) is 88.6 cm³/mol. The molecule has 1 aromatic rings. The lowest BCUT2D eigenvalue weighted by molar-refractivity contribution is -0.143. The highest BCUT2D eigenvalue weighted by Crippen LogP contribution is 2.47. The Hall–Kier alpha value is -2.01. The molecule has 0 radical (unpaired) electrons. The third kappa shape index (κ3) is 2.67. The fraction of sp³-hybridized carbons (Fsp3) is 0.526. The molecule has 24 heavy (non-hydrogen) atoms. The van der Waals surface area contributed by atoms with E-state index in [0.29, 0.717) is 18.6 Å². The maximum atomic E-state index is 12.8. The van der Waals surface area contributed by atoms with E-state index >= 15 is 0 Å². The first-order chi connectivity index (χ1) is 11.6. The van der Waals surface area contributed by atoms with Gasteiger partial charge in [0.15, 0.2) is 5.72 Å².